The molecule has 1 aromatic heterocycles. The highest BCUT2D eigenvalue weighted by molar-refractivity contribution is 5.87. The van der Waals surface area contributed by atoms with E-state index in [9.17, 15) is 4.79 Å². The fourth-order valence-corrected chi connectivity index (χ4v) is 1.54. The zero-order valence-electron chi connectivity index (χ0n) is 8.53. The highest BCUT2D eigenvalue weighted by Crippen LogP contribution is 2.29. The average Bonchev–Trinajstić information content (AvgIpc) is 2.66. The Kier molecular flexibility index (Phi) is 2.39. The maximum atomic E-state index is 11.7. The predicted molar refractivity (Wildman–Crippen MR) is 51.5 cm³/mol. The Labute approximate surface area is 86.8 Å². The van der Waals surface area contributed by atoms with Crippen LogP contribution in [0.5, 0.6) is 0 Å². The zero-order valence-corrected chi connectivity index (χ0v) is 8.53. The molecule has 2 rings (SSSR count). The topological polar surface area (TPSA) is 110 Å². The summed E-state index contributed by atoms with van der Waals surface area (Å²) >= 11 is 0. The molecule has 0 saturated heterocycles. The molecular formula is C8H14N6O. The van der Waals surface area contributed by atoms with Crippen molar-refractivity contribution in [2.75, 3.05) is 0 Å². The second-order valence-electron chi connectivity index (χ2n) is 3.97. The standard InChI is InChI=1S/C8H14N6O/c1-5(6-11-13-14-12-6)10-7(15)8(9)3-2-4-8/h5H,2-4,9H2,1H3,(H,10,15)(H,11,12,13,14). The van der Waals surface area contributed by atoms with Crippen molar-refractivity contribution < 1.29 is 4.79 Å². The van der Waals surface area contributed by atoms with E-state index in [4.69, 9.17) is 5.73 Å². The van der Waals surface area contributed by atoms with Crippen LogP contribution in [0.1, 0.15) is 38.1 Å². The number of carbonyl (C=O) groups is 1. The van der Waals surface area contributed by atoms with Gasteiger partial charge < -0.3 is 11.1 Å². The Hall–Kier alpha value is -1.50. The van der Waals surface area contributed by atoms with Gasteiger partial charge in [0.05, 0.1) is 11.6 Å². The summed E-state index contributed by atoms with van der Waals surface area (Å²) < 4.78 is 0. The first-order valence-corrected chi connectivity index (χ1v) is 4.95. The fourth-order valence-electron chi connectivity index (χ4n) is 1.54. The molecule has 0 radical (unpaired) electrons. The average molecular weight is 210 g/mol. The number of hydrogen-bond donors (Lipinski definition) is 3. The third-order valence-electron chi connectivity index (χ3n) is 2.79. The van der Waals surface area contributed by atoms with Crippen LogP contribution < -0.4 is 11.1 Å². The van der Waals surface area contributed by atoms with Crippen LogP contribution in [0.4, 0.5) is 0 Å². The Bertz CT molecular complexity index is 344. The molecule has 7 heteroatoms. The van der Waals surface area contributed by atoms with E-state index in [-0.39, 0.29) is 11.9 Å². The Morgan fingerprint density at radius 3 is 2.87 bits per heavy atom. The summed E-state index contributed by atoms with van der Waals surface area (Å²) in [6, 6.07) is -0.266. The normalized spacial score (nSPS) is 20.4. The summed E-state index contributed by atoms with van der Waals surface area (Å²) in [4.78, 5) is 11.7. The molecule has 82 valence electrons. The van der Waals surface area contributed by atoms with Gasteiger partial charge in [-0.2, -0.15) is 5.21 Å². The Balaban J connectivity index is 1.94. The van der Waals surface area contributed by atoms with Crippen molar-refractivity contribution in [1.82, 2.24) is 25.9 Å². The maximum Gasteiger partial charge on any atom is 0.240 e. The van der Waals surface area contributed by atoms with E-state index in [1.54, 1.807) is 6.92 Å². The lowest BCUT2D eigenvalue weighted by atomic mass is 9.77. The van der Waals surface area contributed by atoms with Crippen molar-refractivity contribution in [3.05, 3.63) is 5.82 Å². The number of hydrogen-bond acceptors (Lipinski definition) is 5. The van der Waals surface area contributed by atoms with E-state index in [1.807, 2.05) is 0 Å². The van der Waals surface area contributed by atoms with Gasteiger partial charge in [0.2, 0.25) is 5.91 Å². The van der Waals surface area contributed by atoms with Crippen LogP contribution in [-0.2, 0) is 4.79 Å². The molecule has 1 aliphatic rings. The SMILES string of the molecule is CC(NC(=O)C1(N)CCC1)c1nn[nH]n1. The molecule has 1 saturated carbocycles. The number of nitrogens with zero attached hydrogens (tertiary/aromatic N) is 3. The van der Waals surface area contributed by atoms with Gasteiger partial charge in [-0.1, -0.05) is 5.21 Å². The van der Waals surface area contributed by atoms with E-state index in [2.05, 4.69) is 25.9 Å². The third-order valence-corrected chi connectivity index (χ3v) is 2.79. The minimum atomic E-state index is -0.683. The zero-order chi connectivity index (χ0) is 10.9. The molecule has 7 nitrogen and oxygen atoms in total. The second kappa shape index (κ2) is 3.58. The van der Waals surface area contributed by atoms with Crippen LogP contribution in [0.25, 0.3) is 0 Å². The summed E-state index contributed by atoms with van der Waals surface area (Å²) in [5.41, 5.74) is 5.19. The molecule has 1 atom stereocenters. The van der Waals surface area contributed by atoms with Gasteiger partial charge in [-0.15, -0.1) is 10.2 Å². The molecule has 0 aromatic carbocycles. The summed E-state index contributed by atoms with van der Waals surface area (Å²) in [6.07, 6.45) is 2.51. The quantitative estimate of drug-likeness (QED) is 0.608. The second-order valence-corrected chi connectivity index (χ2v) is 3.97. The van der Waals surface area contributed by atoms with E-state index < -0.39 is 5.54 Å². The summed E-state index contributed by atoms with van der Waals surface area (Å²) in [5.74, 6) is 0.331. The van der Waals surface area contributed by atoms with Gasteiger partial charge in [0.1, 0.15) is 0 Å². The van der Waals surface area contributed by atoms with Gasteiger partial charge in [-0.05, 0) is 26.2 Å². The van der Waals surface area contributed by atoms with E-state index in [1.165, 1.54) is 0 Å². The van der Waals surface area contributed by atoms with Crippen LogP contribution in [-0.4, -0.2) is 32.1 Å². The lowest BCUT2D eigenvalue weighted by Crippen LogP contribution is -2.58. The number of amides is 1. The highest BCUT2D eigenvalue weighted by atomic mass is 16.2. The van der Waals surface area contributed by atoms with Gasteiger partial charge >= 0.3 is 0 Å². The Morgan fingerprint density at radius 1 is 1.67 bits per heavy atom. The summed E-state index contributed by atoms with van der Waals surface area (Å²) in [5, 5.41) is 16.1. The number of rotatable bonds is 3. The molecule has 1 aliphatic carbocycles. The molecular weight excluding hydrogens is 196 g/mol. The van der Waals surface area contributed by atoms with Crippen LogP contribution in [0.3, 0.4) is 0 Å². The summed E-state index contributed by atoms with van der Waals surface area (Å²) in [6.45, 7) is 1.80. The number of aromatic amines is 1. The number of nitrogens with two attached hydrogens (primary N) is 1. The first-order valence-electron chi connectivity index (χ1n) is 4.95. The van der Waals surface area contributed by atoms with Gasteiger partial charge in [0.25, 0.3) is 0 Å². The molecule has 1 amide bonds. The number of carbonyl (C=O) groups excluding carboxylic acids is 1. The number of H-pyrrole nitrogens is 1. The molecule has 0 bridgehead atoms. The lowest BCUT2D eigenvalue weighted by molar-refractivity contribution is -0.130. The van der Waals surface area contributed by atoms with Crippen molar-refractivity contribution in [2.24, 2.45) is 5.73 Å². The van der Waals surface area contributed by atoms with Crippen LogP contribution in [0, 0.1) is 0 Å². The van der Waals surface area contributed by atoms with Crippen LogP contribution in [0.2, 0.25) is 0 Å². The van der Waals surface area contributed by atoms with Crippen molar-refractivity contribution in [1.29, 1.82) is 0 Å². The minimum Gasteiger partial charge on any atom is -0.345 e. The summed E-state index contributed by atoms with van der Waals surface area (Å²) in [7, 11) is 0. The van der Waals surface area contributed by atoms with E-state index in [0.717, 1.165) is 19.3 Å². The van der Waals surface area contributed by atoms with Gasteiger partial charge in [0, 0.05) is 0 Å². The van der Waals surface area contributed by atoms with Crippen molar-refractivity contribution in [3.63, 3.8) is 0 Å². The number of nitrogens with one attached hydrogen (secondary N) is 2. The molecule has 1 unspecified atom stereocenters. The highest BCUT2D eigenvalue weighted by Gasteiger charge is 2.40. The van der Waals surface area contributed by atoms with Crippen molar-refractivity contribution >= 4 is 5.91 Å². The lowest BCUT2D eigenvalue weighted by Gasteiger charge is -2.36. The first kappa shape index (κ1) is 10.0. The maximum absolute atomic E-state index is 11.7. The van der Waals surface area contributed by atoms with Crippen LogP contribution in [0.15, 0.2) is 0 Å². The Morgan fingerprint density at radius 2 is 2.40 bits per heavy atom. The van der Waals surface area contributed by atoms with Gasteiger partial charge in [-0.3, -0.25) is 4.79 Å². The molecule has 4 N–H and O–H groups in total. The molecule has 1 aromatic rings. The van der Waals surface area contributed by atoms with Crippen molar-refractivity contribution in [3.8, 4) is 0 Å². The van der Waals surface area contributed by atoms with Crippen LogP contribution >= 0.6 is 0 Å². The first-order chi connectivity index (χ1) is 7.12. The van der Waals surface area contributed by atoms with Crippen molar-refractivity contribution in [2.45, 2.75) is 37.8 Å². The molecule has 15 heavy (non-hydrogen) atoms. The third kappa shape index (κ3) is 1.82. The number of aromatic nitrogens is 4. The fraction of sp³-hybridized carbons (Fsp3) is 0.750. The largest absolute Gasteiger partial charge is 0.345 e. The molecule has 1 heterocycles. The molecule has 0 aliphatic heterocycles. The number of tetrazole rings is 1. The molecule has 1 fully saturated rings. The predicted octanol–water partition coefficient (Wildman–Crippen LogP) is -0.742. The van der Waals surface area contributed by atoms with Gasteiger partial charge in [-0.25, -0.2) is 0 Å². The minimum absolute atomic E-state index is 0.133. The monoisotopic (exact) mass is 210 g/mol. The van der Waals surface area contributed by atoms with E-state index in [0.29, 0.717) is 5.82 Å². The van der Waals surface area contributed by atoms with Gasteiger partial charge in [0.15, 0.2) is 5.82 Å². The smallest absolute Gasteiger partial charge is 0.240 e. The van der Waals surface area contributed by atoms with E-state index >= 15 is 0 Å². The molecule has 0 spiro atoms.